The highest BCUT2D eigenvalue weighted by Gasteiger charge is 2.29. The second-order valence-corrected chi connectivity index (χ2v) is 11.5. The Hall–Kier alpha value is -2.59. The number of anilines is 2. The number of hydrogen-bond donors (Lipinski definition) is 0. The number of benzene rings is 2. The zero-order chi connectivity index (χ0) is 22.2. The summed E-state index contributed by atoms with van der Waals surface area (Å²) in [7, 11) is -2.32. The van der Waals surface area contributed by atoms with Gasteiger partial charge in [0.15, 0.2) is 5.13 Å². The number of likely N-dealkylation sites (N-methyl/N-ethyl adjacent to an activating group) is 1. The number of carbonyl (C=O) groups excluding carboxylic acids is 1. The van der Waals surface area contributed by atoms with Crippen molar-refractivity contribution in [3.05, 3.63) is 71.1 Å². The van der Waals surface area contributed by atoms with E-state index >= 15 is 0 Å². The molecule has 0 spiro atoms. The SMILES string of the molecule is Cc1cc(C)cc(N(C(=O)CN(C)S(=O)(=O)c2cccs2)c2nc3ccccc3s2)c1. The summed E-state index contributed by atoms with van der Waals surface area (Å²) in [6.07, 6.45) is 0. The van der Waals surface area contributed by atoms with Gasteiger partial charge in [-0.2, -0.15) is 4.31 Å². The first-order valence-electron chi connectivity index (χ1n) is 9.52. The van der Waals surface area contributed by atoms with Gasteiger partial charge < -0.3 is 0 Å². The molecule has 2 aromatic carbocycles. The number of rotatable bonds is 6. The minimum atomic E-state index is -3.74. The van der Waals surface area contributed by atoms with Crippen LogP contribution in [0, 0.1) is 13.8 Å². The highest BCUT2D eigenvalue weighted by Crippen LogP contribution is 2.34. The third-order valence-corrected chi connectivity index (χ3v) is 8.90. The normalized spacial score (nSPS) is 11.9. The zero-order valence-electron chi connectivity index (χ0n) is 17.3. The van der Waals surface area contributed by atoms with Crippen molar-refractivity contribution in [1.29, 1.82) is 0 Å². The quantitative estimate of drug-likeness (QED) is 0.399. The Balaban J connectivity index is 1.74. The van der Waals surface area contributed by atoms with Crippen LogP contribution in [0.1, 0.15) is 11.1 Å². The molecule has 0 saturated heterocycles. The van der Waals surface area contributed by atoms with Gasteiger partial charge in [0.05, 0.1) is 22.4 Å². The summed E-state index contributed by atoms with van der Waals surface area (Å²) in [4.78, 5) is 19.6. The van der Waals surface area contributed by atoms with Crippen LogP contribution in [0.5, 0.6) is 0 Å². The van der Waals surface area contributed by atoms with Crippen molar-refractivity contribution < 1.29 is 13.2 Å². The molecule has 0 radical (unpaired) electrons. The van der Waals surface area contributed by atoms with Gasteiger partial charge in [0.25, 0.3) is 10.0 Å². The molecule has 2 heterocycles. The van der Waals surface area contributed by atoms with E-state index in [1.165, 1.54) is 29.4 Å². The number of thiophene rings is 1. The highest BCUT2D eigenvalue weighted by molar-refractivity contribution is 7.91. The lowest BCUT2D eigenvalue weighted by Gasteiger charge is -2.24. The molecule has 0 aliphatic heterocycles. The van der Waals surface area contributed by atoms with Crippen molar-refractivity contribution in [2.75, 3.05) is 18.5 Å². The fourth-order valence-corrected chi connectivity index (χ4v) is 6.63. The molecule has 0 fully saturated rings. The average molecular weight is 472 g/mol. The lowest BCUT2D eigenvalue weighted by molar-refractivity contribution is -0.117. The largest absolute Gasteiger partial charge is 0.272 e. The molecule has 9 heteroatoms. The monoisotopic (exact) mass is 471 g/mol. The van der Waals surface area contributed by atoms with Gasteiger partial charge in [0.1, 0.15) is 4.21 Å². The number of hydrogen-bond acceptors (Lipinski definition) is 6. The smallest absolute Gasteiger partial charge is 0.252 e. The van der Waals surface area contributed by atoms with Crippen molar-refractivity contribution in [2.24, 2.45) is 0 Å². The number of thiazole rings is 1. The molecular weight excluding hydrogens is 450 g/mol. The highest BCUT2D eigenvalue weighted by atomic mass is 32.2. The Bertz CT molecular complexity index is 1290. The molecule has 160 valence electrons. The first kappa shape index (κ1) is 21.6. The van der Waals surface area contributed by atoms with E-state index < -0.39 is 10.0 Å². The molecule has 0 saturated carbocycles. The van der Waals surface area contributed by atoms with Crippen LogP contribution in [0.3, 0.4) is 0 Å². The van der Waals surface area contributed by atoms with Crippen LogP contribution in [-0.2, 0) is 14.8 Å². The summed E-state index contributed by atoms with van der Waals surface area (Å²) < 4.78 is 27.9. The summed E-state index contributed by atoms with van der Waals surface area (Å²) >= 11 is 2.53. The van der Waals surface area contributed by atoms with Gasteiger partial charge in [-0.3, -0.25) is 9.69 Å². The molecule has 0 bridgehead atoms. The van der Waals surface area contributed by atoms with E-state index in [-0.39, 0.29) is 16.7 Å². The fraction of sp³-hybridized carbons (Fsp3) is 0.182. The molecule has 4 rings (SSSR count). The van der Waals surface area contributed by atoms with E-state index in [1.807, 2.05) is 56.3 Å². The summed E-state index contributed by atoms with van der Waals surface area (Å²) in [6, 6.07) is 16.7. The Labute approximate surface area is 189 Å². The minimum Gasteiger partial charge on any atom is -0.272 e. The number of fused-ring (bicyclic) bond motifs is 1. The van der Waals surface area contributed by atoms with Gasteiger partial charge >= 0.3 is 0 Å². The Kier molecular flexibility index (Phi) is 5.94. The first-order valence-corrected chi connectivity index (χ1v) is 12.7. The molecule has 0 unspecified atom stereocenters. The molecule has 4 aromatic rings. The lowest BCUT2D eigenvalue weighted by atomic mass is 10.1. The predicted molar refractivity (Wildman–Crippen MR) is 127 cm³/mol. The molecule has 0 N–H and O–H groups in total. The summed E-state index contributed by atoms with van der Waals surface area (Å²) in [5.74, 6) is -0.369. The van der Waals surface area contributed by atoms with Crippen molar-refractivity contribution in [3.8, 4) is 0 Å². The standard InChI is InChI=1S/C22H21N3O3S3/c1-15-11-16(2)13-17(12-15)25(22-23-18-7-4-5-8-19(18)30-22)20(26)14-24(3)31(27,28)21-9-6-10-29-21/h4-13H,14H2,1-3H3. The predicted octanol–water partition coefficient (Wildman–Crippen LogP) is 4.96. The molecule has 0 atom stereocenters. The van der Waals surface area contributed by atoms with Crippen LogP contribution >= 0.6 is 22.7 Å². The van der Waals surface area contributed by atoms with Crippen molar-refractivity contribution in [2.45, 2.75) is 18.1 Å². The number of para-hydroxylation sites is 1. The van der Waals surface area contributed by atoms with E-state index in [2.05, 4.69) is 4.98 Å². The molecule has 31 heavy (non-hydrogen) atoms. The number of aromatic nitrogens is 1. The average Bonchev–Trinajstić information content (AvgIpc) is 3.37. The van der Waals surface area contributed by atoms with E-state index in [1.54, 1.807) is 11.4 Å². The fourth-order valence-electron chi connectivity index (χ4n) is 3.31. The Morgan fingerprint density at radius 3 is 2.39 bits per heavy atom. The Morgan fingerprint density at radius 1 is 1.03 bits per heavy atom. The number of carbonyl (C=O) groups is 1. The lowest BCUT2D eigenvalue weighted by Crippen LogP contribution is -2.39. The van der Waals surface area contributed by atoms with E-state index in [0.29, 0.717) is 10.8 Å². The van der Waals surface area contributed by atoms with Crippen LogP contribution in [0.2, 0.25) is 0 Å². The second kappa shape index (κ2) is 8.51. The third kappa shape index (κ3) is 4.40. The molecule has 0 aliphatic rings. The van der Waals surface area contributed by atoms with Crippen LogP contribution in [0.4, 0.5) is 10.8 Å². The van der Waals surface area contributed by atoms with Crippen molar-refractivity contribution in [3.63, 3.8) is 0 Å². The molecule has 6 nitrogen and oxygen atoms in total. The van der Waals surface area contributed by atoms with Gasteiger partial charge in [0, 0.05) is 7.05 Å². The molecule has 1 amide bonds. The molecule has 2 aromatic heterocycles. The number of aryl methyl sites for hydroxylation is 2. The van der Waals surface area contributed by atoms with E-state index in [0.717, 1.165) is 37.0 Å². The Morgan fingerprint density at radius 2 is 1.74 bits per heavy atom. The maximum Gasteiger partial charge on any atom is 0.252 e. The minimum absolute atomic E-state index is 0.209. The van der Waals surface area contributed by atoms with Gasteiger partial charge in [-0.1, -0.05) is 35.6 Å². The summed E-state index contributed by atoms with van der Waals surface area (Å²) in [5.41, 5.74) is 3.48. The maximum atomic E-state index is 13.5. The number of amides is 1. The summed E-state index contributed by atoms with van der Waals surface area (Å²) in [6.45, 7) is 3.62. The van der Waals surface area contributed by atoms with Gasteiger partial charge in [-0.05, 0) is 60.7 Å². The van der Waals surface area contributed by atoms with Crippen LogP contribution in [0.25, 0.3) is 10.2 Å². The zero-order valence-corrected chi connectivity index (χ0v) is 19.7. The van der Waals surface area contributed by atoms with E-state index in [9.17, 15) is 13.2 Å². The maximum absolute atomic E-state index is 13.5. The van der Waals surface area contributed by atoms with Crippen LogP contribution < -0.4 is 4.90 Å². The van der Waals surface area contributed by atoms with Crippen LogP contribution in [0.15, 0.2) is 64.2 Å². The van der Waals surface area contributed by atoms with Gasteiger partial charge in [0.2, 0.25) is 5.91 Å². The summed E-state index contributed by atoms with van der Waals surface area (Å²) in [5, 5.41) is 2.21. The van der Waals surface area contributed by atoms with Crippen LogP contribution in [-0.4, -0.2) is 37.2 Å². The molecule has 0 aliphatic carbocycles. The van der Waals surface area contributed by atoms with Crippen molar-refractivity contribution in [1.82, 2.24) is 9.29 Å². The van der Waals surface area contributed by atoms with E-state index in [4.69, 9.17) is 0 Å². The topological polar surface area (TPSA) is 70.6 Å². The first-order chi connectivity index (χ1) is 14.8. The van der Waals surface area contributed by atoms with Gasteiger partial charge in [-0.15, -0.1) is 11.3 Å². The third-order valence-electron chi connectivity index (χ3n) is 4.71. The molecular formula is C22H21N3O3S3. The second-order valence-electron chi connectivity index (χ2n) is 7.23. The van der Waals surface area contributed by atoms with Crippen molar-refractivity contribution >= 4 is 59.6 Å². The number of nitrogens with zero attached hydrogens (tertiary/aromatic N) is 3. The van der Waals surface area contributed by atoms with Gasteiger partial charge in [-0.25, -0.2) is 13.4 Å². The number of sulfonamides is 1.